The molecule has 1 aliphatic carbocycles. The van der Waals surface area contributed by atoms with Crippen molar-refractivity contribution in [2.45, 2.75) is 39.0 Å². The van der Waals surface area contributed by atoms with Gasteiger partial charge >= 0.3 is 5.97 Å². The van der Waals surface area contributed by atoms with Gasteiger partial charge in [0.05, 0.1) is 0 Å². The number of hydrogen-bond donors (Lipinski definition) is 2. The minimum atomic E-state index is -1.19. The standard InChI is InChI=1S/C14H19NO4/c1-9-4-5-10(19-9)13(2,3)8-15-11(16)14(6-7-14)12(17)18/h4-5H,6-8H2,1-3H3,(H,15,16)(H,17,18). The molecule has 1 fully saturated rings. The van der Waals surface area contributed by atoms with Gasteiger partial charge < -0.3 is 14.8 Å². The molecule has 19 heavy (non-hydrogen) atoms. The summed E-state index contributed by atoms with van der Waals surface area (Å²) in [4.78, 5) is 23.0. The van der Waals surface area contributed by atoms with Crippen molar-refractivity contribution in [1.29, 1.82) is 0 Å². The summed E-state index contributed by atoms with van der Waals surface area (Å²) < 4.78 is 5.56. The summed E-state index contributed by atoms with van der Waals surface area (Å²) in [6, 6.07) is 3.75. The van der Waals surface area contributed by atoms with Crippen LogP contribution in [0.4, 0.5) is 0 Å². The highest BCUT2D eigenvalue weighted by Crippen LogP contribution is 2.46. The Kier molecular flexibility index (Phi) is 3.16. The van der Waals surface area contributed by atoms with Crippen molar-refractivity contribution in [1.82, 2.24) is 5.32 Å². The summed E-state index contributed by atoms with van der Waals surface area (Å²) in [5.74, 6) is 0.178. The zero-order chi connectivity index (χ0) is 14.3. The summed E-state index contributed by atoms with van der Waals surface area (Å²) in [5, 5.41) is 11.8. The third kappa shape index (κ3) is 2.50. The van der Waals surface area contributed by atoms with Crippen LogP contribution in [0.1, 0.15) is 38.2 Å². The van der Waals surface area contributed by atoms with E-state index in [-0.39, 0.29) is 5.41 Å². The molecule has 1 aromatic heterocycles. The molecular formula is C14H19NO4. The van der Waals surface area contributed by atoms with Gasteiger partial charge in [0.2, 0.25) is 5.91 Å². The van der Waals surface area contributed by atoms with Crippen LogP contribution >= 0.6 is 0 Å². The van der Waals surface area contributed by atoms with Crippen molar-refractivity contribution < 1.29 is 19.1 Å². The maximum Gasteiger partial charge on any atom is 0.319 e. The van der Waals surface area contributed by atoms with Gasteiger partial charge in [-0.2, -0.15) is 0 Å². The molecule has 0 aliphatic heterocycles. The number of aryl methyl sites for hydroxylation is 1. The minimum Gasteiger partial charge on any atom is -0.480 e. The van der Waals surface area contributed by atoms with Crippen LogP contribution in [-0.4, -0.2) is 23.5 Å². The van der Waals surface area contributed by atoms with E-state index in [1.807, 2.05) is 32.9 Å². The molecule has 0 atom stereocenters. The van der Waals surface area contributed by atoms with E-state index in [0.717, 1.165) is 11.5 Å². The van der Waals surface area contributed by atoms with Crippen LogP contribution in [0.3, 0.4) is 0 Å². The number of nitrogens with one attached hydrogen (secondary N) is 1. The maximum atomic E-state index is 11.9. The topological polar surface area (TPSA) is 79.5 Å². The largest absolute Gasteiger partial charge is 0.480 e. The predicted molar refractivity (Wildman–Crippen MR) is 68.8 cm³/mol. The first kappa shape index (κ1) is 13.6. The number of carbonyl (C=O) groups excluding carboxylic acids is 1. The van der Waals surface area contributed by atoms with Gasteiger partial charge in [-0.3, -0.25) is 9.59 Å². The third-order valence-electron chi connectivity index (χ3n) is 3.69. The summed E-state index contributed by atoms with van der Waals surface area (Å²) >= 11 is 0. The van der Waals surface area contributed by atoms with E-state index in [2.05, 4.69) is 5.32 Å². The molecule has 1 amide bonds. The molecule has 5 nitrogen and oxygen atoms in total. The van der Waals surface area contributed by atoms with Crippen LogP contribution in [0.5, 0.6) is 0 Å². The van der Waals surface area contributed by atoms with Crippen molar-refractivity contribution in [2.24, 2.45) is 5.41 Å². The van der Waals surface area contributed by atoms with Crippen LogP contribution in [0, 0.1) is 12.3 Å². The Morgan fingerprint density at radius 2 is 2.05 bits per heavy atom. The van der Waals surface area contributed by atoms with E-state index in [4.69, 9.17) is 9.52 Å². The lowest BCUT2D eigenvalue weighted by Gasteiger charge is -2.23. The van der Waals surface area contributed by atoms with E-state index >= 15 is 0 Å². The molecule has 0 bridgehead atoms. The van der Waals surface area contributed by atoms with Crippen molar-refractivity contribution >= 4 is 11.9 Å². The zero-order valence-electron chi connectivity index (χ0n) is 11.4. The van der Waals surface area contributed by atoms with Gasteiger partial charge in [0, 0.05) is 12.0 Å². The van der Waals surface area contributed by atoms with Crippen molar-refractivity contribution in [3.63, 3.8) is 0 Å². The molecule has 2 N–H and O–H groups in total. The number of hydrogen-bond acceptors (Lipinski definition) is 3. The van der Waals surface area contributed by atoms with Gasteiger partial charge in [-0.05, 0) is 31.9 Å². The smallest absolute Gasteiger partial charge is 0.319 e. The molecule has 0 unspecified atom stereocenters. The molecule has 0 aromatic carbocycles. The molecule has 104 valence electrons. The second-order valence-corrected chi connectivity index (χ2v) is 5.86. The van der Waals surface area contributed by atoms with Gasteiger partial charge in [0.1, 0.15) is 16.9 Å². The van der Waals surface area contributed by atoms with E-state index < -0.39 is 17.3 Å². The van der Waals surface area contributed by atoms with E-state index in [1.165, 1.54) is 0 Å². The molecule has 1 aromatic rings. The lowest BCUT2D eigenvalue weighted by Crippen LogP contribution is -2.42. The first-order valence-electron chi connectivity index (χ1n) is 6.37. The van der Waals surface area contributed by atoms with Crippen molar-refractivity contribution in [3.05, 3.63) is 23.7 Å². The number of furan rings is 1. The number of amides is 1. The van der Waals surface area contributed by atoms with Crippen molar-refractivity contribution in [2.75, 3.05) is 6.54 Å². The zero-order valence-corrected chi connectivity index (χ0v) is 11.4. The molecule has 5 heteroatoms. The third-order valence-corrected chi connectivity index (χ3v) is 3.69. The average Bonchev–Trinajstić information content (AvgIpc) is 3.03. The summed E-state index contributed by atoms with van der Waals surface area (Å²) in [5.41, 5.74) is -1.55. The Hall–Kier alpha value is -1.78. The van der Waals surface area contributed by atoms with Gasteiger partial charge in [0.25, 0.3) is 0 Å². The molecule has 1 saturated carbocycles. The number of aliphatic carboxylic acids is 1. The Morgan fingerprint density at radius 1 is 1.42 bits per heavy atom. The Bertz CT molecular complexity index is 511. The maximum absolute atomic E-state index is 11.9. The summed E-state index contributed by atoms with van der Waals surface area (Å²) in [6.45, 7) is 6.12. The first-order chi connectivity index (χ1) is 8.78. The van der Waals surface area contributed by atoms with E-state index in [9.17, 15) is 9.59 Å². The Balaban J connectivity index is 1.99. The molecule has 2 rings (SSSR count). The minimum absolute atomic E-state index is 0.355. The van der Waals surface area contributed by atoms with Crippen LogP contribution in [-0.2, 0) is 15.0 Å². The lowest BCUT2D eigenvalue weighted by atomic mass is 9.90. The number of rotatable bonds is 5. The average molecular weight is 265 g/mol. The molecule has 1 aliphatic rings. The molecule has 0 spiro atoms. The normalized spacial score (nSPS) is 17.0. The van der Waals surface area contributed by atoms with Gasteiger partial charge in [-0.1, -0.05) is 13.8 Å². The second kappa shape index (κ2) is 4.40. The summed E-state index contributed by atoms with van der Waals surface area (Å²) in [7, 11) is 0. The number of carbonyl (C=O) groups is 2. The highest BCUT2D eigenvalue weighted by atomic mass is 16.4. The predicted octanol–water partition coefficient (Wildman–Crippen LogP) is 1.85. The molecule has 0 radical (unpaired) electrons. The molecule has 1 heterocycles. The summed E-state index contributed by atoms with van der Waals surface area (Å²) in [6.07, 6.45) is 0.850. The first-order valence-corrected chi connectivity index (χ1v) is 6.37. The van der Waals surface area contributed by atoms with Crippen LogP contribution in [0.25, 0.3) is 0 Å². The quantitative estimate of drug-likeness (QED) is 0.796. The fourth-order valence-corrected chi connectivity index (χ4v) is 2.02. The van der Waals surface area contributed by atoms with Crippen LogP contribution in [0.15, 0.2) is 16.5 Å². The molecule has 0 saturated heterocycles. The molecular weight excluding hydrogens is 246 g/mol. The van der Waals surface area contributed by atoms with Crippen LogP contribution < -0.4 is 5.32 Å². The SMILES string of the molecule is Cc1ccc(C(C)(C)CNC(=O)C2(C(=O)O)CC2)o1. The monoisotopic (exact) mass is 265 g/mol. The lowest BCUT2D eigenvalue weighted by molar-refractivity contribution is -0.149. The van der Waals surface area contributed by atoms with Gasteiger partial charge in [-0.15, -0.1) is 0 Å². The van der Waals surface area contributed by atoms with Gasteiger partial charge in [-0.25, -0.2) is 0 Å². The Labute approximate surface area is 112 Å². The number of carboxylic acid groups (broad SMARTS) is 1. The fourth-order valence-electron chi connectivity index (χ4n) is 2.02. The Morgan fingerprint density at radius 3 is 2.47 bits per heavy atom. The van der Waals surface area contributed by atoms with Gasteiger partial charge in [0.15, 0.2) is 0 Å². The number of carboxylic acids is 1. The fraction of sp³-hybridized carbons (Fsp3) is 0.571. The highest BCUT2D eigenvalue weighted by Gasteiger charge is 2.57. The second-order valence-electron chi connectivity index (χ2n) is 5.86. The van der Waals surface area contributed by atoms with E-state index in [1.54, 1.807) is 0 Å². The van der Waals surface area contributed by atoms with Crippen LogP contribution in [0.2, 0.25) is 0 Å². The highest BCUT2D eigenvalue weighted by molar-refractivity contribution is 6.04. The van der Waals surface area contributed by atoms with E-state index in [0.29, 0.717) is 19.4 Å². The van der Waals surface area contributed by atoms with Crippen molar-refractivity contribution in [3.8, 4) is 0 Å².